The molecule has 2 aromatic heterocycles. The Hall–Kier alpha value is -4.62. The second-order valence-corrected chi connectivity index (χ2v) is 9.31. The summed E-state index contributed by atoms with van der Waals surface area (Å²) in [6.07, 6.45) is -7.76. The molecule has 0 bridgehead atoms. The van der Waals surface area contributed by atoms with E-state index >= 15 is 0 Å². The molecule has 0 spiro atoms. The van der Waals surface area contributed by atoms with Crippen LogP contribution in [0.2, 0.25) is 0 Å². The molecular formula is C30H32F6N4O4. The number of carbonyl (C=O) groups excluding carboxylic acids is 2. The van der Waals surface area contributed by atoms with Gasteiger partial charge in [0.15, 0.2) is 0 Å². The van der Waals surface area contributed by atoms with Crippen LogP contribution in [0, 0.1) is 27.7 Å². The van der Waals surface area contributed by atoms with Gasteiger partial charge in [-0.05, 0) is 68.7 Å². The number of carbonyl (C=O) groups is 2. The molecule has 14 heteroatoms. The number of nitrogens with zero attached hydrogens (tertiary/aromatic N) is 2. The quantitative estimate of drug-likeness (QED) is 0.207. The number of benzene rings is 2. The molecule has 0 saturated heterocycles. The lowest BCUT2D eigenvalue weighted by atomic mass is 10.0. The van der Waals surface area contributed by atoms with Gasteiger partial charge in [-0.25, -0.2) is 9.97 Å². The van der Waals surface area contributed by atoms with E-state index in [2.05, 4.69) is 20.6 Å². The second-order valence-electron chi connectivity index (χ2n) is 9.31. The van der Waals surface area contributed by atoms with Gasteiger partial charge in [-0.3, -0.25) is 9.59 Å². The van der Waals surface area contributed by atoms with Crippen LogP contribution in [0.5, 0.6) is 0 Å². The molecule has 0 aliphatic carbocycles. The first-order valence-electron chi connectivity index (χ1n) is 13.3. The second kappa shape index (κ2) is 15.2. The largest absolute Gasteiger partial charge is 0.445 e. The third kappa shape index (κ3) is 11.2. The topological polar surface area (TPSA) is 110 Å². The number of rotatable bonds is 6. The van der Waals surface area contributed by atoms with Crippen LogP contribution >= 0.6 is 0 Å². The average Bonchev–Trinajstić information content (AvgIpc) is 3.59. The molecule has 238 valence electrons. The molecule has 8 nitrogen and oxygen atoms in total. The Morgan fingerprint density at radius 2 is 1.32 bits per heavy atom. The molecule has 4 aromatic rings. The molecule has 0 aliphatic heterocycles. The third-order valence-corrected chi connectivity index (χ3v) is 5.71. The van der Waals surface area contributed by atoms with Crippen LogP contribution in [0.25, 0.3) is 22.9 Å². The minimum Gasteiger partial charge on any atom is -0.445 e. The van der Waals surface area contributed by atoms with E-state index in [1.54, 1.807) is 39.0 Å². The molecular weight excluding hydrogens is 594 g/mol. The molecule has 2 heterocycles. The predicted octanol–water partition coefficient (Wildman–Crippen LogP) is 8.72. The Morgan fingerprint density at radius 1 is 0.750 bits per heavy atom. The van der Waals surface area contributed by atoms with E-state index in [0.717, 1.165) is 16.7 Å². The first kappa shape index (κ1) is 35.6. The van der Waals surface area contributed by atoms with E-state index in [1.165, 1.54) is 30.9 Å². The molecule has 0 fully saturated rings. The summed E-state index contributed by atoms with van der Waals surface area (Å²) in [6.45, 7) is 11.2. The van der Waals surface area contributed by atoms with Crippen molar-refractivity contribution in [1.82, 2.24) is 9.97 Å². The Kier molecular flexibility index (Phi) is 12.3. The van der Waals surface area contributed by atoms with Gasteiger partial charge in [0, 0.05) is 22.5 Å². The van der Waals surface area contributed by atoms with E-state index < -0.39 is 37.0 Å². The van der Waals surface area contributed by atoms with Crippen LogP contribution in [0.1, 0.15) is 49.1 Å². The van der Waals surface area contributed by atoms with E-state index in [4.69, 9.17) is 8.83 Å². The summed E-state index contributed by atoms with van der Waals surface area (Å²) in [5, 5.41) is 4.45. The van der Waals surface area contributed by atoms with Crippen molar-refractivity contribution in [3.8, 4) is 22.9 Å². The van der Waals surface area contributed by atoms with E-state index in [1.807, 2.05) is 20.8 Å². The zero-order chi connectivity index (χ0) is 33.2. The number of amides is 2. The van der Waals surface area contributed by atoms with Crippen molar-refractivity contribution in [3.05, 3.63) is 71.4 Å². The van der Waals surface area contributed by atoms with E-state index in [9.17, 15) is 35.9 Å². The maximum absolute atomic E-state index is 12.2. The lowest BCUT2D eigenvalue weighted by Crippen LogP contribution is -2.21. The minimum atomic E-state index is -4.54. The zero-order valence-corrected chi connectivity index (χ0v) is 24.8. The summed E-state index contributed by atoms with van der Waals surface area (Å²) in [4.78, 5) is 30.8. The van der Waals surface area contributed by atoms with Crippen LogP contribution < -0.4 is 10.6 Å². The summed E-state index contributed by atoms with van der Waals surface area (Å²) >= 11 is 0. The number of oxazole rings is 2. The van der Waals surface area contributed by atoms with Crippen LogP contribution in [-0.4, -0.2) is 34.1 Å². The fourth-order valence-electron chi connectivity index (χ4n) is 3.69. The van der Waals surface area contributed by atoms with Crippen LogP contribution in [0.4, 0.5) is 37.7 Å². The highest BCUT2D eigenvalue weighted by atomic mass is 19.4. The summed E-state index contributed by atoms with van der Waals surface area (Å²) in [7, 11) is 0. The Bertz CT molecular complexity index is 1540. The molecule has 2 N–H and O–H groups in total. The molecule has 2 aromatic carbocycles. The van der Waals surface area contributed by atoms with Crippen LogP contribution in [0.3, 0.4) is 0 Å². The maximum Gasteiger partial charge on any atom is 0.397 e. The zero-order valence-electron chi connectivity index (χ0n) is 24.8. The van der Waals surface area contributed by atoms with Crippen molar-refractivity contribution in [2.24, 2.45) is 0 Å². The average molecular weight is 627 g/mol. The molecule has 0 atom stereocenters. The number of anilines is 2. The number of halogens is 6. The van der Waals surface area contributed by atoms with Gasteiger partial charge >= 0.3 is 12.4 Å². The maximum atomic E-state index is 12.2. The lowest BCUT2D eigenvalue weighted by molar-refractivity contribution is -0.151. The summed E-state index contributed by atoms with van der Waals surface area (Å²) < 4.78 is 83.4. The molecule has 0 aliphatic rings. The number of aryl methyl sites for hydroxylation is 3. The van der Waals surface area contributed by atoms with Crippen molar-refractivity contribution >= 4 is 23.2 Å². The monoisotopic (exact) mass is 626 g/mol. The van der Waals surface area contributed by atoms with Gasteiger partial charge in [0.2, 0.25) is 23.6 Å². The Labute approximate surface area is 249 Å². The van der Waals surface area contributed by atoms with Crippen LogP contribution in [-0.2, 0) is 9.59 Å². The van der Waals surface area contributed by atoms with Gasteiger partial charge in [-0.15, -0.1) is 0 Å². The third-order valence-electron chi connectivity index (χ3n) is 5.71. The molecule has 2 amide bonds. The van der Waals surface area contributed by atoms with Crippen molar-refractivity contribution in [2.45, 2.75) is 66.7 Å². The number of aromatic nitrogens is 2. The van der Waals surface area contributed by atoms with E-state index in [-0.39, 0.29) is 11.4 Å². The Balaban J connectivity index is 0.000000292. The van der Waals surface area contributed by atoms with Gasteiger partial charge in [0.1, 0.15) is 25.4 Å². The van der Waals surface area contributed by atoms with E-state index in [0.29, 0.717) is 28.6 Å². The van der Waals surface area contributed by atoms with Crippen molar-refractivity contribution < 1.29 is 44.8 Å². The standard InChI is InChI=1S/C15H15F3N2O2.C13H11F3N2O2.C2H6/c1-8-4-11(20-13(21)6-15(16,17)18)5-12(10(8)3)14-19-9(2)7-22-14;1-8-2-3-9(18-11(19)7-13(14,15)16)6-10(8)12-17-4-5-20-12;1-2/h4-5,7H,6H2,1-3H3,(H,20,21);2-6H,7H2,1H3,(H,18,19);1-2H3. The van der Waals surface area contributed by atoms with Crippen molar-refractivity contribution in [3.63, 3.8) is 0 Å². The number of hydrogen-bond acceptors (Lipinski definition) is 6. The predicted molar refractivity (Wildman–Crippen MR) is 153 cm³/mol. The highest BCUT2D eigenvalue weighted by molar-refractivity contribution is 5.92. The van der Waals surface area contributed by atoms with Crippen molar-refractivity contribution in [1.29, 1.82) is 0 Å². The lowest BCUT2D eigenvalue weighted by Gasteiger charge is -2.12. The Morgan fingerprint density at radius 3 is 1.82 bits per heavy atom. The summed E-state index contributed by atoms with van der Waals surface area (Å²) in [6, 6.07) is 7.89. The smallest absolute Gasteiger partial charge is 0.397 e. The van der Waals surface area contributed by atoms with Gasteiger partial charge in [-0.1, -0.05) is 19.9 Å². The fraction of sp³-hybridized carbons (Fsp3) is 0.333. The van der Waals surface area contributed by atoms with Gasteiger partial charge < -0.3 is 19.5 Å². The van der Waals surface area contributed by atoms with Gasteiger partial charge in [-0.2, -0.15) is 26.3 Å². The van der Waals surface area contributed by atoms with Gasteiger partial charge in [0.05, 0.1) is 11.9 Å². The summed E-state index contributed by atoms with van der Waals surface area (Å²) in [5.74, 6) is -1.51. The number of alkyl halides is 6. The number of hydrogen-bond donors (Lipinski definition) is 2. The van der Waals surface area contributed by atoms with Crippen molar-refractivity contribution in [2.75, 3.05) is 10.6 Å². The number of nitrogens with one attached hydrogen (secondary N) is 2. The summed E-state index contributed by atoms with van der Waals surface area (Å²) in [5.41, 5.74) is 5.02. The fourth-order valence-corrected chi connectivity index (χ4v) is 3.69. The molecule has 44 heavy (non-hydrogen) atoms. The molecule has 4 rings (SSSR count). The van der Waals surface area contributed by atoms with Gasteiger partial charge in [0.25, 0.3) is 0 Å². The SMILES string of the molecule is CC.Cc1ccc(NC(=O)CC(F)(F)F)cc1-c1ncco1.Cc1coc(-c2cc(NC(=O)CC(F)(F)F)cc(C)c2C)n1. The first-order valence-corrected chi connectivity index (χ1v) is 13.3. The normalized spacial score (nSPS) is 11.1. The first-order chi connectivity index (χ1) is 20.5. The highest BCUT2D eigenvalue weighted by Gasteiger charge is 2.32. The highest BCUT2D eigenvalue weighted by Crippen LogP contribution is 2.30. The molecule has 0 saturated carbocycles. The molecule has 0 radical (unpaired) electrons. The minimum absolute atomic E-state index is 0.262. The molecule has 0 unspecified atom stereocenters. The van der Waals surface area contributed by atoms with Crippen LogP contribution in [0.15, 0.2) is 57.9 Å².